The zero-order valence-electron chi connectivity index (χ0n) is 37.4. The van der Waals surface area contributed by atoms with Gasteiger partial charge in [-0.1, -0.05) is 11.6 Å². The third-order valence-electron chi connectivity index (χ3n) is 14.7. The summed E-state index contributed by atoms with van der Waals surface area (Å²) in [4.78, 5) is 32.1. The molecule has 3 aromatic heterocycles. The van der Waals surface area contributed by atoms with E-state index in [1.165, 1.54) is 0 Å². The van der Waals surface area contributed by atoms with E-state index in [1.807, 2.05) is 17.0 Å². The van der Waals surface area contributed by atoms with Crippen LogP contribution in [0, 0.1) is 22.7 Å². The van der Waals surface area contributed by atoms with E-state index in [4.69, 9.17) is 26.7 Å². The third kappa shape index (κ3) is 8.69. The van der Waals surface area contributed by atoms with Crippen molar-refractivity contribution in [3.8, 4) is 22.9 Å². The number of rotatable bonds is 10. The summed E-state index contributed by atoms with van der Waals surface area (Å²) in [5, 5.41) is 31.0. The smallest absolute Gasteiger partial charge is 0.272 e. The van der Waals surface area contributed by atoms with Crippen molar-refractivity contribution in [2.75, 3.05) is 36.0 Å². The highest BCUT2D eigenvalue weighted by atomic mass is 35.5. The highest BCUT2D eigenvalue weighted by Crippen LogP contribution is 2.54. The van der Waals surface area contributed by atoms with E-state index < -0.39 is 6.43 Å². The van der Waals surface area contributed by atoms with Crippen LogP contribution in [0.25, 0.3) is 11.1 Å². The third-order valence-corrected chi connectivity index (χ3v) is 15.0. The summed E-state index contributed by atoms with van der Waals surface area (Å²) in [7, 11) is 1.79. The van der Waals surface area contributed by atoms with Gasteiger partial charge in [0.05, 0.1) is 29.4 Å². The van der Waals surface area contributed by atoms with Crippen LogP contribution < -0.4 is 19.9 Å². The molecule has 2 aliphatic carbocycles. The molecule has 14 nitrogen and oxygen atoms in total. The van der Waals surface area contributed by atoms with E-state index in [0.717, 1.165) is 118 Å². The number of carbonyl (C=O) groups is 2. The first kappa shape index (κ1) is 43.8. The van der Waals surface area contributed by atoms with Crippen molar-refractivity contribution in [3.63, 3.8) is 0 Å². The largest absolute Gasteiger partial charge is 0.490 e. The van der Waals surface area contributed by atoms with Crippen LogP contribution in [-0.2, 0) is 37.8 Å². The number of halogens is 3. The number of hydrogen-bond donors (Lipinski definition) is 1. The average molecular weight is 918 g/mol. The van der Waals surface area contributed by atoms with Gasteiger partial charge in [-0.2, -0.15) is 15.5 Å². The number of nitriles is 1. The van der Waals surface area contributed by atoms with Crippen LogP contribution in [0.15, 0.2) is 54.9 Å². The van der Waals surface area contributed by atoms with E-state index in [9.17, 15) is 18.4 Å². The minimum absolute atomic E-state index is 0.0128. The van der Waals surface area contributed by atoms with Gasteiger partial charge in [0.15, 0.2) is 17.3 Å². The second kappa shape index (κ2) is 18.0. The first-order valence-corrected chi connectivity index (χ1v) is 23.6. The molecular formula is C49H54ClF2N11O3. The molecule has 3 fully saturated rings. The Balaban J connectivity index is 0.750. The predicted molar refractivity (Wildman–Crippen MR) is 245 cm³/mol. The lowest BCUT2D eigenvalue weighted by atomic mass is 9.57. The topological polar surface area (TPSA) is 150 Å². The number of aryl methyl sites for hydroxylation is 2. The molecule has 5 aliphatic rings. The van der Waals surface area contributed by atoms with E-state index in [2.05, 4.69) is 41.2 Å². The maximum absolute atomic E-state index is 14.7. The number of carbonyl (C=O) groups excluding carboxylic acids is 2. The van der Waals surface area contributed by atoms with Crippen LogP contribution in [0.5, 0.6) is 5.75 Å². The van der Waals surface area contributed by atoms with Gasteiger partial charge in [0.1, 0.15) is 11.8 Å². The Morgan fingerprint density at radius 3 is 2.50 bits per heavy atom. The van der Waals surface area contributed by atoms with Crippen molar-refractivity contribution in [1.29, 1.82) is 5.26 Å². The Morgan fingerprint density at radius 1 is 1.02 bits per heavy atom. The molecule has 5 aromatic rings. The summed E-state index contributed by atoms with van der Waals surface area (Å²) in [6.07, 6.45) is 10.5. The van der Waals surface area contributed by atoms with Crippen molar-refractivity contribution in [2.45, 2.75) is 109 Å². The maximum Gasteiger partial charge on any atom is 0.272 e. The summed E-state index contributed by atoms with van der Waals surface area (Å²) >= 11 is 6.17. The van der Waals surface area contributed by atoms with E-state index in [0.29, 0.717) is 65.1 Å². The molecule has 10 rings (SSSR count). The van der Waals surface area contributed by atoms with Crippen LogP contribution in [0.2, 0.25) is 5.02 Å². The molecule has 0 unspecified atom stereocenters. The standard InChI is InChI=1S/C49H54ClF2N11O3/c1-30(64)61-17-13-43-40(29-61)47(62-16-3-4-32-20-38(34-26-54-59(2)28-34)39(46(51)52)22-44(32)62)58-63(43)27-31-23-49(24-31)14-18-60(19-15-49)45-12-11-42(56-57-45)48(65)55-35-6-9-36(10-7-35)66-37-8-5-33(25-53)41(50)21-37/h5,8,11-12,20-22,26,28,31,35-36,46H,3-4,6-7,9-10,13-19,23-24,27,29H2,1-2H3,(H,55,65). The monoisotopic (exact) mass is 917 g/mol. The zero-order valence-corrected chi connectivity index (χ0v) is 38.1. The summed E-state index contributed by atoms with van der Waals surface area (Å²) in [6.45, 7) is 5.87. The number of aromatic nitrogens is 6. The van der Waals surface area contributed by atoms with Gasteiger partial charge < -0.3 is 24.8 Å². The van der Waals surface area contributed by atoms with Gasteiger partial charge in [-0.3, -0.25) is 19.0 Å². The lowest BCUT2D eigenvalue weighted by Gasteiger charge is -2.52. The molecule has 2 amide bonds. The fraction of sp³-hybridized carbons (Fsp3) is 0.490. The molecule has 1 saturated heterocycles. The molecule has 0 bridgehead atoms. The summed E-state index contributed by atoms with van der Waals surface area (Å²) in [6, 6.07) is 14.4. The number of hydrogen-bond acceptors (Lipinski definition) is 10. The number of anilines is 3. The van der Waals surface area contributed by atoms with Gasteiger partial charge in [0.25, 0.3) is 12.3 Å². The van der Waals surface area contributed by atoms with Crippen LogP contribution in [0.1, 0.15) is 110 Å². The number of nitrogens with one attached hydrogen (secondary N) is 1. The normalized spacial score (nSPS) is 20.4. The molecule has 66 heavy (non-hydrogen) atoms. The molecule has 6 heterocycles. The molecule has 344 valence electrons. The van der Waals surface area contributed by atoms with Crippen LogP contribution in [0.4, 0.5) is 26.1 Å². The number of benzene rings is 2. The Labute approximate surface area is 387 Å². The summed E-state index contributed by atoms with van der Waals surface area (Å²) < 4.78 is 39.4. The Hall–Kier alpha value is -6.08. The molecule has 1 N–H and O–H groups in total. The number of fused-ring (bicyclic) bond motifs is 2. The van der Waals surface area contributed by atoms with Crippen molar-refractivity contribution in [3.05, 3.63) is 93.5 Å². The fourth-order valence-electron chi connectivity index (χ4n) is 11.2. The summed E-state index contributed by atoms with van der Waals surface area (Å²) in [5.74, 6) is 2.45. The molecule has 3 aliphatic heterocycles. The summed E-state index contributed by atoms with van der Waals surface area (Å²) in [5.41, 5.74) is 6.09. The number of alkyl halides is 2. The van der Waals surface area contributed by atoms with Gasteiger partial charge in [-0.15, -0.1) is 10.2 Å². The second-order valence-electron chi connectivity index (χ2n) is 19.0. The van der Waals surface area contributed by atoms with Crippen LogP contribution >= 0.6 is 11.6 Å². The first-order valence-electron chi connectivity index (χ1n) is 23.2. The second-order valence-corrected chi connectivity index (χ2v) is 19.4. The van der Waals surface area contributed by atoms with E-state index >= 15 is 0 Å². The highest BCUT2D eigenvalue weighted by Gasteiger charge is 2.46. The number of amides is 2. The van der Waals surface area contributed by atoms with Gasteiger partial charge in [0, 0.05) is 99.5 Å². The van der Waals surface area contributed by atoms with Crippen LogP contribution in [0.3, 0.4) is 0 Å². The molecule has 2 saturated carbocycles. The molecule has 2 aromatic carbocycles. The minimum atomic E-state index is -2.66. The van der Waals surface area contributed by atoms with Crippen molar-refractivity contribution in [2.24, 2.45) is 18.4 Å². The van der Waals surface area contributed by atoms with E-state index in [-0.39, 0.29) is 34.9 Å². The molecule has 0 atom stereocenters. The highest BCUT2D eigenvalue weighted by molar-refractivity contribution is 6.31. The van der Waals surface area contributed by atoms with Gasteiger partial charge in [-0.05, 0) is 123 Å². The van der Waals surface area contributed by atoms with Gasteiger partial charge >= 0.3 is 0 Å². The van der Waals surface area contributed by atoms with Crippen molar-refractivity contribution >= 4 is 40.7 Å². The van der Waals surface area contributed by atoms with E-state index in [1.54, 1.807) is 61.4 Å². The van der Waals surface area contributed by atoms with Crippen molar-refractivity contribution in [1.82, 2.24) is 40.0 Å². The molecule has 1 spiro atoms. The maximum atomic E-state index is 14.7. The SMILES string of the molecule is CC(=O)N1CCc2c(c(N3CCCc4cc(-c5cnn(C)c5)c(C(F)F)cc43)nn2CC2CC3(CCN(c4ccc(C(=O)NC5CCC(Oc6ccc(C#N)c(Cl)c6)CC5)nn4)CC3)C2)C1. The number of ether oxygens (including phenoxy) is 1. The molecule has 0 radical (unpaired) electrons. The molecule has 17 heteroatoms. The first-order chi connectivity index (χ1) is 31.9. The number of nitrogens with zero attached hydrogens (tertiary/aromatic N) is 10. The predicted octanol–water partition coefficient (Wildman–Crippen LogP) is 8.34. The zero-order chi connectivity index (χ0) is 45.7. The van der Waals surface area contributed by atoms with Crippen LogP contribution in [-0.4, -0.2) is 84.8 Å². The minimum Gasteiger partial charge on any atom is -0.490 e. The quantitative estimate of drug-likeness (QED) is 0.145. The fourth-order valence-corrected chi connectivity index (χ4v) is 11.4. The number of piperidine rings is 1. The average Bonchev–Trinajstić information content (AvgIpc) is 3.91. The Kier molecular flexibility index (Phi) is 11.9. The van der Waals surface area contributed by atoms with Crippen molar-refractivity contribution < 1.29 is 23.1 Å². The Bertz CT molecular complexity index is 2670. The van der Waals surface area contributed by atoms with Gasteiger partial charge in [-0.25, -0.2) is 8.78 Å². The lowest BCUT2D eigenvalue weighted by Crippen LogP contribution is -2.48. The lowest BCUT2D eigenvalue weighted by molar-refractivity contribution is -0.129. The Morgan fingerprint density at radius 2 is 1.82 bits per heavy atom. The molecular weight excluding hydrogens is 864 g/mol. The van der Waals surface area contributed by atoms with Gasteiger partial charge in [0.2, 0.25) is 5.91 Å².